The predicted molar refractivity (Wildman–Crippen MR) is 106 cm³/mol. The van der Waals surface area contributed by atoms with Gasteiger partial charge in [0, 0.05) is 28.7 Å². The van der Waals surface area contributed by atoms with E-state index in [0.717, 1.165) is 42.0 Å². The molecule has 27 heavy (non-hydrogen) atoms. The molecule has 0 amide bonds. The summed E-state index contributed by atoms with van der Waals surface area (Å²) in [4.78, 5) is 15.2. The maximum atomic E-state index is 12.9. The predicted octanol–water partition coefficient (Wildman–Crippen LogP) is 2.80. The van der Waals surface area contributed by atoms with E-state index in [1.165, 1.54) is 18.6 Å². The number of ketones is 1. The van der Waals surface area contributed by atoms with Crippen LogP contribution in [0.15, 0.2) is 35.2 Å². The molecule has 0 aliphatic carbocycles. The van der Waals surface area contributed by atoms with Crippen molar-refractivity contribution >= 4 is 15.8 Å². The number of primary sulfonamides is 1. The Morgan fingerprint density at radius 2 is 1.85 bits per heavy atom. The number of carbonyl (C=O) groups is 1. The molecule has 0 radical (unpaired) electrons. The topological polar surface area (TPSA) is 85.4 Å². The van der Waals surface area contributed by atoms with Gasteiger partial charge in [0.15, 0.2) is 5.78 Å². The number of likely N-dealkylation sites (tertiary alicyclic amines) is 1. The first kappa shape index (κ1) is 19.8. The first-order valence-corrected chi connectivity index (χ1v) is 10.8. The van der Waals surface area contributed by atoms with Crippen LogP contribution in [-0.4, -0.2) is 42.8 Å². The molecule has 1 atom stereocenters. The molecule has 1 fully saturated rings. The molecular weight excluding hydrogens is 362 g/mol. The Balaban J connectivity index is 1.87. The minimum atomic E-state index is -3.72. The highest BCUT2D eigenvalue weighted by Crippen LogP contribution is 2.24. The molecule has 3 rings (SSSR count). The number of nitrogens with zero attached hydrogens (tertiary/aromatic N) is 2. The summed E-state index contributed by atoms with van der Waals surface area (Å²) in [6.45, 7) is 7.47. The number of Topliss-reactive ketones (excluding diaryl/α,β-unsaturated/α-hetero) is 1. The molecular formula is C20H27N3O3S. The van der Waals surface area contributed by atoms with E-state index < -0.39 is 10.0 Å². The van der Waals surface area contributed by atoms with Crippen molar-refractivity contribution in [2.75, 3.05) is 13.1 Å². The molecule has 0 spiro atoms. The van der Waals surface area contributed by atoms with Gasteiger partial charge in [0.2, 0.25) is 10.0 Å². The number of hydrogen-bond donors (Lipinski definition) is 1. The zero-order valence-corrected chi connectivity index (χ0v) is 16.9. The van der Waals surface area contributed by atoms with Crippen molar-refractivity contribution in [3.63, 3.8) is 0 Å². The van der Waals surface area contributed by atoms with Crippen LogP contribution in [0.5, 0.6) is 0 Å². The van der Waals surface area contributed by atoms with E-state index in [-0.39, 0.29) is 10.7 Å². The van der Waals surface area contributed by atoms with Crippen LogP contribution in [0.1, 0.15) is 47.9 Å². The number of piperidine rings is 1. The zero-order valence-electron chi connectivity index (χ0n) is 16.1. The van der Waals surface area contributed by atoms with Crippen LogP contribution < -0.4 is 5.14 Å². The summed E-state index contributed by atoms with van der Waals surface area (Å²) in [5, 5.41) is 5.17. The van der Waals surface area contributed by atoms with Gasteiger partial charge in [-0.3, -0.25) is 9.69 Å². The van der Waals surface area contributed by atoms with Crippen molar-refractivity contribution in [1.29, 1.82) is 0 Å². The molecule has 1 aromatic heterocycles. The van der Waals surface area contributed by atoms with Gasteiger partial charge in [-0.25, -0.2) is 13.6 Å². The maximum Gasteiger partial charge on any atom is 0.238 e. The van der Waals surface area contributed by atoms with Gasteiger partial charge in [0.1, 0.15) is 0 Å². The fourth-order valence-electron chi connectivity index (χ4n) is 3.89. The third-order valence-electron chi connectivity index (χ3n) is 5.44. The van der Waals surface area contributed by atoms with E-state index in [1.54, 1.807) is 12.1 Å². The molecule has 1 aliphatic heterocycles. The number of carbonyl (C=O) groups excluding carboxylic acids is 1. The Morgan fingerprint density at radius 1 is 1.19 bits per heavy atom. The van der Waals surface area contributed by atoms with Gasteiger partial charge >= 0.3 is 0 Å². The molecule has 2 heterocycles. The minimum Gasteiger partial charge on any atom is -0.318 e. The van der Waals surface area contributed by atoms with Crippen LogP contribution in [0.3, 0.4) is 0 Å². The van der Waals surface area contributed by atoms with Gasteiger partial charge < -0.3 is 4.57 Å². The summed E-state index contributed by atoms with van der Waals surface area (Å²) in [5.74, 6) is 0.129. The molecule has 0 saturated carbocycles. The van der Waals surface area contributed by atoms with E-state index in [9.17, 15) is 13.2 Å². The van der Waals surface area contributed by atoms with Crippen molar-refractivity contribution in [3.05, 3.63) is 47.3 Å². The van der Waals surface area contributed by atoms with Crippen molar-refractivity contribution in [3.8, 4) is 5.69 Å². The van der Waals surface area contributed by atoms with E-state index >= 15 is 0 Å². The Morgan fingerprint density at radius 3 is 2.44 bits per heavy atom. The fraction of sp³-hybridized carbons (Fsp3) is 0.450. The lowest BCUT2D eigenvalue weighted by Crippen LogP contribution is -2.40. The van der Waals surface area contributed by atoms with Gasteiger partial charge in [-0.05, 0) is 70.5 Å². The number of aromatic nitrogens is 1. The molecule has 1 saturated heterocycles. The number of rotatable bonds is 5. The molecule has 1 aliphatic rings. The molecule has 7 heteroatoms. The highest BCUT2D eigenvalue weighted by Gasteiger charge is 2.23. The summed E-state index contributed by atoms with van der Waals surface area (Å²) in [6, 6.07) is 8.75. The SMILES string of the molecule is Cc1cc(C(=O)CN2CCCC[C@H]2C)c(C)n1-c1ccc(S(N)(=O)=O)cc1. The van der Waals surface area contributed by atoms with E-state index in [2.05, 4.69) is 11.8 Å². The molecule has 146 valence electrons. The molecule has 6 nitrogen and oxygen atoms in total. The summed E-state index contributed by atoms with van der Waals surface area (Å²) in [7, 11) is -3.72. The first-order valence-electron chi connectivity index (χ1n) is 9.28. The Bertz CT molecular complexity index is 946. The average molecular weight is 390 g/mol. The number of benzene rings is 1. The normalized spacial score (nSPS) is 18.6. The van der Waals surface area contributed by atoms with Gasteiger partial charge in [-0.1, -0.05) is 6.42 Å². The summed E-state index contributed by atoms with van der Waals surface area (Å²) < 4.78 is 24.9. The zero-order chi connectivity index (χ0) is 19.8. The molecule has 2 aromatic rings. The highest BCUT2D eigenvalue weighted by molar-refractivity contribution is 7.89. The lowest BCUT2D eigenvalue weighted by molar-refractivity contribution is 0.0859. The van der Waals surface area contributed by atoms with E-state index in [1.807, 2.05) is 24.5 Å². The van der Waals surface area contributed by atoms with Crippen molar-refractivity contribution < 1.29 is 13.2 Å². The largest absolute Gasteiger partial charge is 0.318 e. The van der Waals surface area contributed by atoms with Gasteiger partial charge in [-0.15, -0.1) is 0 Å². The Labute approximate surface area is 161 Å². The number of hydrogen-bond acceptors (Lipinski definition) is 4. The summed E-state index contributed by atoms with van der Waals surface area (Å²) >= 11 is 0. The lowest BCUT2D eigenvalue weighted by atomic mass is 10.0. The number of nitrogens with two attached hydrogens (primary N) is 1. The minimum absolute atomic E-state index is 0.0732. The quantitative estimate of drug-likeness (QED) is 0.797. The molecule has 2 N–H and O–H groups in total. The monoisotopic (exact) mass is 389 g/mol. The fourth-order valence-corrected chi connectivity index (χ4v) is 4.40. The van der Waals surface area contributed by atoms with Crippen LogP contribution >= 0.6 is 0 Å². The van der Waals surface area contributed by atoms with Crippen molar-refractivity contribution in [1.82, 2.24) is 9.47 Å². The highest BCUT2D eigenvalue weighted by atomic mass is 32.2. The molecule has 1 aromatic carbocycles. The maximum absolute atomic E-state index is 12.9. The van der Waals surface area contributed by atoms with E-state index in [0.29, 0.717) is 12.6 Å². The van der Waals surface area contributed by atoms with Crippen molar-refractivity contribution in [2.45, 2.75) is 51.0 Å². The van der Waals surface area contributed by atoms with Crippen LogP contribution in [-0.2, 0) is 10.0 Å². The molecule has 0 bridgehead atoms. The van der Waals surface area contributed by atoms with Crippen LogP contribution in [0.4, 0.5) is 0 Å². The average Bonchev–Trinajstić information content (AvgIpc) is 2.91. The van der Waals surface area contributed by atoms with Crippen LogP contribution in [0, 0.1) is 13.8 Å². The van der Waals surface area contributed by atoms with Gasteiger partial charge in [0.05, 0.1) is 11.4 Å². The van der Waals surface area contributed by atoms with Crippen LogP contribution in [0.2, 0.25) is 0 Å². The third-order valence-corrected chi connectivity index (χ3v) is 6.37. The third kappa shape index (κ3) is 4.15. The second kappa shape index (κ2) is 7.58. The Hall–Kier alpha value is -1.96. The smallest absolute Gasteiger partial charge is 0.238 e. The Kier molecular flexibility index (Phi) is 5.55. The summed E-state index contributed by atoms with van der Waals surface area (Å²) in [6.07, 6.45) is 3.52. The van der Waals surface area contributed by atoms with E-state index in [4.69, 9.17) is 5.14 Å². The van der Waals surface area contributed by atoms with Gasteiger partial charge in [0.25, 0.3) is 0 Å². The second-order valence-corrected chi connectivity index (χ2v) is 8.96. The summed E-state index contributed by atoms with van der Waals surface area (Å²) in [5.41, 5.74) is 3.33. The van der Waals surface area contributed by atoms with Gasteiger partial charge in [-0.2, -0.15) is 0 Å². The first-order chi connectivity index (χ1) is 12.7. The second-order valence-electron chi connectivity index (χ2n) is 7.40. The number of sulfonamides is 1. The van der Waals surface area contributed by atoms with Crippen LogP contribution in [0.25, 0.3) is 5.69 Å². The van der Waals surface area contributed by atoms with Crippen molar-refractivity contribution in [2.24, 2.45) is 5.14 Å². The molecule has 0 unspecified atom stereocenters. The number of aryl methyl sites for hydroxylation is 1. The lowest BCUT2D eigenvalue weighted by Gasteiger charge is -2.32. The standard InChI is InChI=1S/C20H27N3O3S/c1-14-6-4-5-11-22(14)13-20(24)19-12-15(2)23(16(19)3)17-7-9-18(10-8-17)27(21,25)26/h7-10,12,14H,4-6,11,13H2,1-3H3,(H2,21,25,26)/t14-/m1/s1.